The molecule has 0 saturated carbocycles. The molecular formula is C20H19N5O. The average Bonchev–Trinajstić information content (AvgIpc) is 3.07. The van der Waals surface area contributed by atoms with Crippen LogP contribution in [-0.4, -0.2) is 63.3 Å². The van der Waals surface area contributed by atoms with Crippen molar-refractivity contribution >= 4 is 33.5 Å². The van der Waals surface area contributed by atoms with E-state index in [1.807, 2.05) is 47.5 Å². The number of amides is 1. The summed E-state index contributed by atoms with van der Waals surface area (Å²) in [6.07, 6.45) is 3.59. The lowest BCUT2D eigenvalue weighted by molar-refractivity contribution is 0.0665. The summed E-state index contributed by atoms with van der Waals surface area (Å²) in [6, 6.07) is 11.9. The highest BCUT2D eigenvalue weighted by Crippen LogP contribution is 2.26. The summed E-state index contributed by atoms with van der Waals surface area (Å²) >= 11 is 0. The maximum atomic E-state index is 13.3. The fraction of sp³-hybridized carbons (Fsp3) is 0.250. The molecule has 0 aliphatic carbocycles. The summed E-state index contributed by atoms with van der Waals surface area (Å²) in [6.45, 7) is 3.28. The smallest absolute Gasteiger partial charge is 0.257 e. The van der Waals surface area contributed by atoms with Gasteiger partial charge in [-0.25, -0.2) is 4.98 Å². The molecule has 6 nitrogen and oxygen atoms in total. The zero-order chi connectivity index (χ0) is 17.7. The van der Waals surface area contributed by atoms with Crippen LogP contribution in [0, 0.1) is 0 Å². The highest BCUT2D eigenvalue weighted by molar-refractivity contribution is 6.05. The number of benzene rings is 1. The molecule has 5 rings (SSSR count). The summed E-state index contributed by atoms with van der Waals surface area (Å²) in [4.78, 5) is 26.5. The first-order chi connectivity index (χ1) is 12.7. The number of carbonyl (C=O) groups is 1. The third-order valence-corrected chi connectivity index (χ3v) is 5.19. The molecule has 4 heterocycles. The number of imidazole rings is 1. The maximum absolute atomic E-state index is 13.3. The first-order valence-corrected chi connectivity index (χ1v) is 8.84. The van der Waals surface area contributed by atoms with Crippen molar-refractivity contribution in [2.75, 3.05) is 33.2 Å². The molecule has 6 heteroatoms. The van der Waals surface area contributed by atoms with E-state index in [0.29, 0.717) is 11.2 Å². The Morgan fingerprint density at radius 1 is 1.04 bits per heavy atom. The molecule has 3 aromatic heterocycles. The summed E-state index contributed by atoms with van der Waals surface area (Å²) in [7, 11) is 2.09. The van der Waals surface area contributed by atoms with Crippen molar-refractivity contribution < 1.29 is 4.79 Å². The number of nitrogens with zero attached hydrogens (tertiary/aromatic N) is 5. The minimum atomic E-state index is 0.0455. The Kier molecular flexibility index (Phi) is 3.39. The zero-order valence-electron chi connectivity index (χ0n) is 14.6. The molecule has 0 N–H and O–H groups in total. The number of aromatic nitrogens is 3. The van der Waals surface area contributed by atoms with Crippen LogP contribution in [0.25, 0.3) is 27.6 Å². The van der Waals surface area contributed by atoms with Gasteiger partial charge in [-0.2, -0.15) is 0 Å². The lowest BCUT2D eigenvalue weighted by Crippen LogP contribution is -2.47. The van der Waals surface area contributed by atoms with Gasteiger partial charge >= 0.3 is 0 Å². The topological polar surface area (TPSA) is 53.7 Å². The molecule has 0 spiro atoms. The molecule has 26 heavy (non-hydrogen) atoms. The van der Waals surface area contributed by atoms with Gasteiger partial charge in [-0.1, -0.05) is 12.1 Å². The van der Waals surface area contributed by atoms with Gasteiger partial charge in [0.1, 0.15) is 0 Å². The van der Waals surface area contributed by atoms with Gasteiger partial charge in [-0.15, -0.1) is 0 Å². The lowest BCUT2D eigenvalue weighted by Gasteiger charge is -2.32. The van der Waals surface area contributed by atoms with E-state index in [1.165, 1.54) is 0 Å². The lowest BCUT2D eigenvalue weighted by atomic mass is 10.1. The first kappa shape index (κ1) is 15.3. The number of piperazine rings is 1. The van der Waals surface area contributed by atoms with Crippen molar-refractivity contribution in [3.8, 4) is 0 Å². The van der Waals surface area contributed by atoms with Crippen LogP contribution >= 0.6 is 0 Å². The molecule has 0 radical (unpaired) electrons. The number of likely N-dealkylation sites (N-methyl/N-ethyl adjacent to an activating group) is 1. The van der Waals surface area contributed by atoms with Gasteiger partial charge in [0, 0.05) is 44.0 Å². The Balaban J connectivity index is 1.77. The Bertz CT molecular complexity index is 1140. The van der Waals surface area contributed by atoms with Crippen LogP contribution in [0.15, 0.2) is 48.8 Å². The molecule has 0 unspecified atom stereocenters. The van der Waals surface area contributed by atoms with Gasteiger partial charge in [0.05, 0.1) is 22.1 Å². The van der Waals surface area contributed by atoms with Gasteiger partial charge in [-0.3, -0.25) is 14.2 Å². The number of hydrogen-bond donors (Lipinski definition) is 0. The van der Waals surface area contributed by atoms with Gasteiger partial charge in [0.25, 0.3) is 5.91 Å². The van der Waals surface area contributed by atoms with Crippen LogP contribution in [0.1, 0.15) is 10.4 Å². The molecule has 1 fully saturated rings. The predicted molar refractivity (Wildman–Crippen MR) is 101 cm³/mol. The van der Waals surface area contributed by atoms with Crippen LogP contribution in [0.4, 0.5) is 0 Å². The Labute approximate surface area is 150 Å². The highest BCUT2D eigenvalue weighted by Gasteiger charge is 2.24. The zero-order valence-corrected chi connectivity index (χ0v) is 14.6. The minimum Gasteiger partial charge on any atom is -0.336 e. The van der Waals surface area contributed by atoms with E-state index in [4.69, 9.17) is 4.98 Å². The molecule has 0 atom stereocenters. The van der Waals surface area contributed by atoms with Gasteiger partial charge < -0.3 is 9.80 Å². The monoisotopic (exact) mass is 345 g/mol. The molecule has 1 aliphatic heterocycles. The van der Waals surface area contributed by atoms with Crippen molar-refractivity contribution in [3.63, 3.8) is 0 Å². The van der Waals surface area contributed by atoms with Crippen LogP contribution in [0.2, 0.25) is 0 Å². The number of fused-ring (bicyclic) bond motifs is 5. The third kappa shape index (κ3) is 2.26. The van der Waals surface area contributed by atoms with Gasteiger partial charge in [0.2, 0.25) is 0 Å². The average molecular weight is 345 g/mol. The molecule has 1 aliphatic rings. The largest absolute Gasteiger partial charge is 0.336 e. The summed E-state index contributed by atoms with van der Waals surface area (Å²) < 4.78 is 2.08. The third-order valence-electron chi connectivity index (χ3n) is 5.19. The molecule has 1 saturated heterocycles. The molecular weight excluding hydrogens is 326 g/mol. The van der Waals surface area contributed by atoms with Crippen LogP contribution in [0.5, 0.6) is 0 Å². The number of para-hydroxylation sites is 2. The van der Waals surface area contributed by atoms with E-state index < -0.39 is 0 Å². The van der Waals surface area contributed by atoms with E-state index >= 15 is 0 Å². The Hall–Kier alpha value is -2.99. The second-order valence-corrected chi connectivity index (χ2v) is 6.85. The van der Waals surface area contributed by atoms with E-state index in [0.717, 1.165) is 48.1 Å². The Morgan fingerprint density at radius 3 is 2.69 bits per heavy atom. The van der Waals surface area contributed by atoms with Crippen molar-refractivity contribution in [3.05, 3.63) is 54.4 Å². The quantitative estimate of drug-likeness (QED) is 0.532. The van der Waals surface area contributed by atoms with Crippen molar-refractivity contribution in [1.82, 2.24) is 24.2 Å². The van der Waals surface area contributed by atoms with Crippen molar-refractivity contribution in [2.45, 2.75) is 0 Å². The molecule has 1 aromatic carbocycles. The summed E-state index contributed by atoms with van der Waals surface area (Å²) in [5.41, 5.74) is 4.27. The molecule has 130 valence electrons. The SMILES string of the molecule is CN1CCN(C(=O)c2cc3cnccc3n3c2nc2ccccc23)CC1. The van der Waals surface area contributed by atoms with E-state index in [9.17, 15) is 4.79 Å². The number of hydrogen-bond acceptors (Lipinski definition) is 4. The predicted octanol–water partition coefficient (Wildman–Crippen LogP) is 2.42. The fourth-order valence-corrected chi connectivity index (χ4v) is 3.72. The van der Waals surface area contributed by atoms with E-state index in [1.54, 1.807) is 6.20 Å². The van der Waals surface area contributed by atoms with E-state index in [-0.39, 0.29) is 5.91 Å². The number of rotatable bonds is 1. The second-order valence-electron chi connectivity index (χ2n) is 6.85. The number of carbonyl (C=O) groups excluding carboxylic acids is 1. The highest BCUT2D eigenvalue weighted by atomic mass is 16.2. The molecule has 0 bridgehead atoms. The standard InChI is InChI=1S/C20H19N5O/c1-23-8-10-24(11-9-23)20(26)15-12-14-13-21-7-6-17(14)25-18-5-3-2-4-16(18)22-19(15)25/h2-7,12-13H,8-11H2,1H3. The fourth-order valence-electron chi connectivity index (χ4n) is 3.72. The number of pyridine rings is 2. The molecule has 4 aromatic rings. The van der Waals surface area contributed by atoms with Crippen LogP contribution < -0.4 is 0 Å². The van der Waals surface area contributed by atoms with E-state index in [2.05, 4.69) is 21.3 Å². The Morgan fingerprint density at radius 2 is 1.85 bits per heavy atom. The normalized spacial score (nSPS) is 16.0. The second kappa shape index (κ2) is 5.78. The first-order valence-electron chi connectivity index (χ1n) is 8.84. The molecule has 1 amide bonds. The van der Waals surface area contributed by atoms with Gasteiger partial charge in [-0.05, 0) is 31.3 Å². The van der Waals surface area contributed by atoms with Crippen molar-refractivity contribution in [1.29, 1.82) is 0 Å². The van der Waals surface area contributed by atoms with Gasteiger partial charge in [0.15, 0.2) is 5.65 Å². The summed E-state index contributed by atoms with van der Waals surface area (Å²) in [5.74, 6) is 0.0455. The minimum absolute atomic E-state index is 0.0455. The van der Waals surface area contributed by atoms with Crippen LogP contribution in [-0.2, 0) is 0 Å². The summed E-state index contributed by atoms with van der Waals surface area (Å²) in [5, 5.41) is 0.945. The maximum Gasteiger partial charge on any atom is 0.257 e. The van der Waals surface area contributed by atoms with Crippen LogP contribution in [0.3, 0.4) is 0 Å². The van der Waals surface area contributed by atoms with Crippen molar-refractivity contribution in [2.24, 2.45) is 0 Å².